The summed E-state index contributed by atoms with van der Waals surface area (Å²) in [6.07, 6.45) is 0. The second-order valence-electron chi connectivity index (χ2n) is 3.72. The molecule has 4 nitrogen and oxygen atoms in total. The molecule has 2 rings (SSSR count). The van der Waals surface area contributed by atoms with Crippen molar-refractivity contribution in [2.75, 3.05) is 16.8 Å². The van der Waals surface area contributed by atoms with Crippen molar-refractivity contribution in [2.45, 2.75) is 16.2 Å². The molecule has 112 valence electrons. The number of carbonyl (C=O) groups is 1. The van der Waals surface area contributed by atoms with E-state index in [1.807, 2.05) is 6.92 Å². The van der Waals surface area contributed by atoms with Crippen molar-refractivity contribution in [3.8, 4) is 0 Å². The van der Waals surface area contributed by atoms with E-state index in [-0.39, 0.29) is 11.7 Å². The molecular weight excluding hydrogens is 369 g/mol. The van der Waals surface area contributed by atoms with Gasteiger partial charge in [-0.2, -0.15) is 0 Å². The Kier molecular flexibility index (Phi) is 6.63. The van der Waals surface area contributed by atoms with Crippen molar-refractivity contribution in [2.24, 2.45) is 0 Å². The SMILES string of the molecule is CCSc1nnc(NC(=O)CSc2cc(Cl)ccc2Cl)s1. The lowest BCUT2D eigenvalue weighted by atomic mass is 10.4. The summed E-state index contributed by atoms with van der Waals surface area (Å²) in [5.74, 6) is 1.00. The lowest BCUT2D eigenvalue weighted by Gasteiger charge is -2.04. The predicted octanol–water partition coefficient (Wildman–Crippen LogP) is 4.69. The molecule has 1 aromatic carbocycles. The van der Waals surface area contributed by atoms with Crippen molar-refractivity contribution < 1.29 is 4.79 Å². The Bertz CT molecular complexity index is 636. The summed E-state index contributed by atoms with van der Waals surface area (Å²) in [5.41, 5.74) is 0. The number of hydrogen-bond donors (Lipinski definition) is 1. The maximum Gasteiger partial charge on any atom is 0.236 e. The molecule has 0 aliphatic rings. The summed E-state index contributed by atoms with van der Waals surface area (Å²) >= 11 is 16.2. The highest BCUT2D eigenvalue weighted by Crippen LogP contribution is 2.30. The number of carbonyl (C=O) groups excluding carboxylic acids is 1. The molecule has 1 aromatic heterocycles. The van der Waals surface area contributed by atoms with E-state index < -0.39 is 0 Å². The third-order valence-electron chi connectivity index (χ3n) is 2.17. The second kappa shape index (κ2) is 8.24. The first-order valence-corrected chi connectivity index (χ1v) is 9.47. The largest absolute Gasteiger partial charge is 0.300 e. The summed E-state index contributed by atoms with van der Waals surface area (Å²) in [5, 5.41) is 12.3. The van der Waals surface area contributed by atoms with Gasteiger partial charge in [0.1, 0.15) is 0 Å². The number of hydrogen-bond acceptors (Lipinski definition) is 6. The smallest absolute Gasteiger partial charge is 0.236 e. The van der Waals surface area contributed by atoms with E-state index in [9.17, 15) is 4.79 Å². The number of rotatable bonds is 6. The summed E-state index contributed by atoms with van der Waals surface area (Å²) in [7, 11) is 0. The van der Waals surface area contributed by atoms with Crippen LogP contribution in [0.3, 0.4) is 0 Å². The maximum absolute atomic E-state index is 11.9. The van der Waals surface area contributed by atoms with Crippen LogP contribution in [0.25, 0.3) is 0 Å². The zero-order valence-corrected chi connectivity index (χ0v) is 14.9. The minimum Gasteiger partial charge on any atom is -0.300 e. The molecule has 0 atom stereocenters. The Morgan fingerprint density at radius 2 is 2.14 bits per heavy atom. The molecule has 1 N–H and O–H groups in total. The van der Waals surface area contributed by atoms with Crippen LogP contribution in [-0.2, 0) is 4.79 Å². The van der Waals surface area contributed by atoms with Gasteiger partial charge in [0.05, 0.1) is 10.8 Å². The fourth-order valence-corrected chi connectivity index (χ4v) is 4.29. The average molecular weight is 380 g/mol. The third-order valence-corrected chi connectivity index (χ3v) is 5.76. The number of aromatic nitrogens is 2. The third kappa shape index (κ3) is 5.34. The van der Waals surface area contributed by atoms with Crippen LogP contribution in [0.5, 0.6) is 0 Å². The lowest BCUT2D eigenvalue weighted by Crippen LogP contribution is -2.13. The molecule has 0 saturated carbocycles. The zero-order valence-electron chi connectivity index (χ0n) is 10.9. The fraction of sp³-hybridized carbons (Fsp3) is 0.250. The van der Waals surface area contributed by atoms with Crippen LogP contribution in [0.1, 0.15) is 6.92 Å². The molecule has 2 aromatic rings. The molecule has 0 fully saturated rings. The molecule has 0 unspecified atom stereocenters. The van der Waals surface area contributed by atoms with Gasteiger partial charge in [-0.25, -0.2) is 0 Å². The minimum absolute atomic E-state index is 0.153. The van der Waals surface area contributed by atoms with Gasteiger partial charge in [0.2, 0.25) is 11.0 Å². The van der Waals surface area contributed by atoms with Gasteiger partial charge in [-0.1, -0.05) is 53.2 Å². The molecule has 21 heavy (non-hydrogen) atoms. The molecule has 9 heteroatoms. The average Bonchev–Trinajstić information content (AvgIpc) is 2.87. The van der Waals surface area contributed by atoms with Crippen LogP contribution in [0.15, 0.2) is 27.4 Å². The zero-order chi connectivity index (χ0) is 15.2. The Morgan fingerprint density at radius 1 is 1.33 bits per heavy atom. The highest BCUT2D eigenvalue weighted by atomic mass is 35.5. The number of anilines is 1. The molecule has 0 saturated heterocycles. The molecule has 1 heterocycles. The quantitative estimate of drug-likeness (QED) is 0.582. The van der Waals surface area contributed by atoms with E-state index in [0.717, 1.165) is 15.0 Å². The van der Waals surface area contributed by atoms with E-state index in [1.54, 1.807) is 30.0 Å². The first kappa shape index (κ1) is 16.9. The monoisotopic (exact) mass is 379 g/mol. The Hall–Kier alpha value is -0.470. The summed E-state index contributed by atoms with van der Waals surface area (Å²) in [6, 6.07) is 5.16. The van der Waals surface area contributed by atoms with Crippen LogP contribution >= 0.6 is 58.1 Å². The standard InChI is InChI=1S/C12H11Cl2N3OS3/c1-2-19-12-17-16-11(21-12)15-10(18)6-20-9-5-7(13)3-4-8(9)14/h3-5H,2,6H2,1H3,(H,15,16,18). The minimum atomic E-state index is -0.153. The van der Waals surface area contributed by atoms with E-state index in [2.05, 4.69) is 15.5 Å². The fourth-order valence-electron chi connectivity index (χ4n) is 1.33. The van der Waals surface area contributed by atoms with Gasteiger partial charge in [-0.05, 0) is 24.0 Å². The number of halogens is 2. The lowest BCUT2D eigenvalue weighted by molar-refractivity contribution is -0.113. The Morgan fingerprint density at radius 3 is 2.90 bits per heavy atom. The molecule has 0 radical (unpaired) electrons. The van der Waals surface area contributed by atoms with Gasteiger partial charge in [-0.3, -0.25) is 10.1 Å². The number of nitrogens with one attached hydrogen (secondary N) is 1. The molecule has 0 bridgehead atoms. The number of thioether (sulfide) groups is 2. The van der Waals surface area contributed by atoms with E-state index >= 15 is 0 Å². The van der Waals surface area contributed by atoms with Crippen LogP contribution in [-0.4, -0.2) is 27.6 Å². The van der Waals surface area contributed by atoms with Crippen molar-refractivity contribution in [1.29, 1.82) is 0 Å². The van der Waals surface area contributed by atoms with Crippen LogP contribution < -0.4 is 5.32 Å². The second-order valence-corrected chi connectivity index (χ2v) is 8.07. The predicted molar refractivity (Wildman–Crippen MR) is 92.1 cm³/mol. The van der Waals surface area contributed by atoms with Crippen LogP contribution in [0, 0.1) is 0 Å². The number of benzene rings is 1. The summed E-state index contributed by atoms with van der Waals surface area (Å²) < 4.78 is 0.846. The highest BCUT2D eigenvalue weighted by molar-refractivity contribution is 8.01. The summed E-state index contributed by atoms with van der Waals surface area (Å²) in [4.78, 5) is 12.6. The highest BCUT2D eigenvalue weighted by Gasteiger charge is 2.10. The molecule has 0 aliphatic heterocycles. The maximum atomic E-state index is 11.9. The van der Waals surface area contributed by atoms with Gasteiger partial charge in [0.15, 0.2) is 4.34 Å². The van der Waals surface area contributed by atoms with Crippen molar-refractivity contribution >= 4 is 69.1 Å². The summed E-state index contributed by atoms with van der Waals surface area (Å²) in [6.45, 7) is 2.04. The van der Waals surface area contributed by atoms with Crippen LogP contribution in [0.2, 0.25) is 10.0 Å². The number of nitrogens with zero attached hydrogens (tertiary/aromatic N) is 2. The van der Waals surface area contributed by atoms with E-state index in [1.165, 1.54) is 23.1 Å². The van der Waals surface area contributed by atoms with Gasteiger partial charge < -0.3 is 0 Å². The van der Waals surface area contributed by atoms with Gasteiger partial charge in [-0.15, -0.1) is 22.0 Å². The Labute approximate surface area is 145 Å². The molecular formula is C12H11Cl2N3OS3. The van der Waals surface area contributed by atoms with Crippen molar-refractivity contribution in [1.82, 2.24) is 10.2 Å². The van der Waals surface area contributed by atoms with Gasteiger partial charge in [0, 0.05) is 9.92 Å². The topological polar surface area (TPSA) is 54.9 Å². The van der Waals surface area contributed by atoms with Gasteiger partial charge in [0.25, 0.3) is 0 Å². The van der Waals surface area contributed by atoms with E-state index in [4.69, 9.17) is 23.2 Å². The van der Waals surface area contributed by atoms with Crippen molar-refractivity contribution in [3.05, 3.63) is 28.2 Å². The van der Waals surface area contributed by atoms with Crippen LogP contribution in [0.4, 0.5) is 5.13 Å². The van der Waals surface area contributed by atoms with Crippen molar-refractivity contribution in [3.63, 3.8) is 0 Å². The van der Waals surface area contributed by atoms with E-state index in [0.29, 0.717) is 15.2 Å². The van der Waals surface area contributed by atoms with Gasteiger partial charge >= 0.3 is 0 Å². The number of amides is 1. The normalized spacial score (nSPS) is 10.6. The first-order valence-electron chi connectivity index (χ1n) is 5.92. The first-order chi connectivity index (χ1) is 10.1. The molecule has 0 spiro atoms. The Balaban J connectivity index is 1.88. The molecule has 0 aliphatic carbocycles. The molecule has 1 amide bonds.